The van der Waals surface area contributed by atoms with Gasteiger partial charge >= 0.3 is 5.97 Å². The lowest BCUT2D eigenvalue weighted by Crippen LogP contribution is -2.00. The van der Waals surface area contributed by atoms with Gasteiger partial charge in [-0.25, -0.2) is 0 Å². The minimum atomic E-state index is -0.624. The number of hydrogen-bond donors (Lipinski definition) is 1. The molecule has 0 saturated carbocycles. The number of carbonyl (C=O) groups excluding carboxylic acids is 2. The minimum absolute atomic E-state index is 0.0108. The highest BCUT2D eigenvalue weighted by atomic mass is 16.5. The zero-order valence-corrected chi connectivity index (χ0v) is 10.0. The molecule has 0 bridgehead atoms. The first kappa shape index (κ1) is 13.6. The maximum atomic E-state index is 11.3. The Morgan fingerprint density at radius 1 is 1.59 bits per heavy atom. The number of carbonyl (C=O) groups is 2. The molecule has 0 fully saturated rings. The first-order chi connectivity index (χ1) is 8.13. The van der Waals surface area contributed by atoms with Crippen LogP contribution in [0.5, 0.6) is 0 Å². The van der Waals surface area contributed by atoms with E-state index < -0.39 is 6.10 Å². The van der Waals surface area contributed by atoms with E-state index in [2.05, 4.69) is 4.74 Å². The van der Waals surface area contributed by atoms with Crippen LogP contribution in [0.1, 0.15) is 32.1 Å². The molecule has 0 aliphatic heterocycles. The van der Waals surface area contributed by atoms with Crippen molar-refractivity contribution in [3.8, 4) is 0 Å². The molecular formula is C13H18O4. The van der Waals surface area contributed by atoms with Crippen LogP contribution in [0.25, 0.3) is 0 Å². The lowest BCUT2D eigenvalue weighted by molar-refractivity contribution is -0.140. The number of rotatable bonds is 6. The van der Waals surface area contributed by atoms with Crippen molar-refractivity contribution in [2.75, 3.05) is 7.11 Å². The average molecular weight is 238 g/mol. The maximum absolute atomic E-state index is 11.3. The summed E-state index contributed by atoms with van der Waals surface area (Å²) in [4.78, 5) is 22.1. The summed E-state index contributed by atoms with van der Waals surface area (Å²) < 4.78 is 4.53. The van der Waals surface area contributed by atoms with E-state index in [9.17, 15) is 14.7 Å². The molecule has 4 heteroatoms. The molecule has 0 aromatic heterocycles. The van der Waals surface area contributed by atoms with Gasteiger partial charge in [0.1, 0.15) is 0 Å². The second-order valence-electron chi connectivity index (χ2n) is 4.04. The number of methoxy groups -OCH3 is 1. The summed E-state index contributed by atoms with van der Waals surface area (Å²) in [5, 5.41) is 9.22. The van der Waals surface area contributed by atoms with Gasteiger partial charge in [-0.1, -0.05) is 12.2 Å². The Balaban J connectivity index is 2.16. The second-order valence-corrected chi connectivity index (χ2v) is 4.04. The summed E-state index contributed by atoms with van der Waals surface area (Å²) in [5.74, 6) is -0.200. The largest absolute Gasteiger partial charge is 0.469 e. The molecule has 17 heavy (non-hydrogen) atoms. The Hall–Kier alpha value is -1.42. The molecule has 1 rings (SSSR count). The molecule has 0 unspecified atom stereocenters. The number of ketones is 1. The van der Waals surface area contributed by atoms with Gasteiger partial charge in [-0.3, -0.25) is 9.59 Å². The van der Waals surface area contributed by atoms with Crippen molar-refractivity contribution in [3.63, 3.8) is 0 Å². The lowest BCUT2D eigenvalue weighted by Gasteiger charge is -1.97. The van der Waals surface area contributed by atoms with Crippen LogP contribution >= 0.6 is 0 Å². The Morgan fingerprint density at radius 3 is 2.94 bits per heavy atom. The Bertz CT molecular complexity index is 341. The number of Topliss-reactive ketones (excluding diaryl/α,β-unsaturated/α-hetero) is 1. The number of esters is 1. The molecule has 0 spiro atoms. The van der Waals surface area contributed by atoms with Crippen LogP contribution in [0, 0.1) is 0 Å². The molecule has 0 saturated heterocycles. The quantitative estimate of drug-likeness (QED) is 0.563. The standard InChI is InChI=1S/C13H18O4/c1-17-13(16)7-5-3-2-4-6-10-8-11(14)9-12(10)15/h4,6,8,11,14H,2-3,5,7,9H2,1H3/b6-4-/t11-/m0/s1. The highest BCUT2D eigenvalue weighted by Gasteiger charge is 2.19. The van der Waals surface area contributed by atoms with E-state index in [1.165, 1.54) is 7.11 Å². The highest BCUT2D eigenvalue weighted by molar-refractivity contribution is 6.00. The van der Waals surface area contributed by atoms with Gasteiger partial charge in [0.25, 0.3) is 0 Å². The topological polar surface area (TPSA) is 63.6 Å². The van der Waals surface area contributed by atoms with Gasteiger partial charge < -0.3 is 9.84 Å². The van der Waals surface area contributed by atoms with Gasteiger partial charge in [0.05, 0.1) is 13.2 Å². The molecule has 0 aromatic carbocycles. The van der Waals surface area contributed by atoms with Crippen LogP contribution < -0.4 is 0 Å². The van der Waals surface area contributed by atoms with E-state index in [0.29, 0.717) is 12.0 Å². The van der Waals surface area contributed by atoms with Crippen molar-refractivity contribution in [3.05, 3.63) is 23.8 Å². The van der Waals surface area contributed by atoms with E-state index in [1.807, 2.05) is 6.08 Å². The fourth-order valence-corrected chi connectivity index (χ4v) is 1.66. The van der Waals surface area contributed by atoms with Crippen LogP contribution in [0.3, 0.4) is 0 Å². The van der Waals surface area contributed by atoms with Gasteiger partial charge in [-0.2, -0.15) is 0 Å². The SMILES string of the molecule is COC(=O)CCCC/C=C\C1=C[C@H](O)CC1=O. The fraction of sp³-hybridized carbons (Fsp3) is 0.538. The molecule has 0 radical (unpaired) electrons. The van der Waals surface area contributed by atoms with Gasteiger partial charge in [0.2, 0.25) is 0 Å². The molecule has 1 N–H and O–H groups in total. The molecule has 1 aliphatic rings. The monoisotopic (exact) mass is 238 g/mol. The number of aliphatic hydroxyl groups is 1. The predicted octanol–water partition coefficient (Wildman–Crippen LogP) is 1.54. The zero-order valence-electron chi connectivity index (χ0n) is 10.0. The van der Waals surface area contributed by atoms with Gasteiger partial charge in [0, 0.05) is 18.4 Å². The van der Waals surface area contributed by atoms with E-state index in [-0.39, 0.29) is 18.2 Å². The summed E-state index contributed by atoms with van der Waals surface area (Å²) in [7, 11) is 1.38. The molecule has 0 aromatic rings. The third-order valence-corrected chi connectivity index (χ3v) is 2.62. The van der Waals surface area contributed by atoms with Crippen molar-refractivity contribution < 1.29 is 19.4 Å². The van der Waals surface area contributed by atoms with Crippen LogP contribution in [0.4, 0.5) is 0 Å². The number of unbranched alkanes of at least 4 members (excludes halogenated alkanes) is 2. The van der Waals surface area contributed by atoms with Gasteiger partial charge in [-0.15, -0.1) is 0 Å². The van der Waals surface area contributed by atoms with Crippen molar-refractivity contribution in [2.24, 2.45) is 0 Å². The van der Waals surface area contributed by atoms with Crippen molar-refractivity contribution in [1.29, 1.82) is 0 Å². The summed E-state index contributed by atoms with van der Waals surface area (Å²) >= 11 is 0. The smallest absolute Gasteiger partial charge is 0.305 e. The molecular weight excluding hydrogens is 220 g/mol. The summed E-state index contributed by atoms with van der Waals surface area (Å²) in [6.07, 6.45) is 7.72. The minimum Gasteiger partial charge on any atom is -0.469 e. The van der Waals surface area contributed by atoms with E-state index >= 15 is 0 Å². The van der Waals surface area contributed by atoms with Crippen LogP contribution in [-0.4, -0.2) is 30.1 Å². The predicted molar refractivity (Wildman–Crippen MR) is 63.3 cm³/mol. The number of ether oxygens (including phenoxy) is 1. The van der Waals surface area contributed by atoms with Crippen molar-refractivity contribution >= 4 is 11.8 Å². The maximum Gasteiger partial charge on any atom is 0.305 e. The van der Waals surface area contributed by atoms with E-state index in [0.717, 1.165) is 19.3 Å². The summed E-state index contributed by atoms with van der Waals surface area (Å²) in [5.41, 5.74) is 0.588. The van der Waals surface area contributed by atoms with Gasteiger partial charge in [0.15, 0.2) is 5.78 Å². The molecule has 94 valence electrons. The normalized spacial score (nSPS) is 19.8. The molecule has 0 amide bonds. The first-order valence-electron chi connectivity index (χ1n) is 5.80. The summed E-state index contributed by atoms with van der Waals surface area (Å²) in [6.45, 7) is 0. The number of aliphatic hydroxyl groups excluding tert-OH is 1. The molecule has 1 atom stereocenters. The highest BCUT2D eigenvalue weighted by Crippen LogP contribution is 2.16. The van der Waals surface area contributed by atoms with E-state index in [4.69, 9.17) is 0 Å². The Labute approximate surface area is 101 Å². The third kappa shape index (κ3) is 4.95. The first-order valence-corrected chi connectivity index (χ1v) is 5.80. The van der Waals surface area contributed by atoms with Crippen LogP contribution in [0.2, 0.25) is 0 Å². The van der Waals surface area contributed by atoms with Crippen molar-refractivity contribution in [1.82, 2.24) is 0 Å². The van der Waals surface area contributed by atoms with E-state index in [1.54, 1.807) is 12.2 Å². The third-order valence-electron chi connectivity index (χ3n) is 2.62. The fourth-order valence-electron chi connectivity index (χ4n) is 1.66. The van der Waals surface area contributed by atoms with Gasteiger partial charge in [-0.05, 0) is 25.3 Å². The molecule has 4 nitrogen and oxygen atoms in total. The summed E-state index contributed by atoms with van der Waals surface area (Å²) in [6, 6.07) is 0. The van der Waals surface area contributed by atoms with Crippen LogP contribution in [-0.2, 0) is 14.3 Å². The lowest BCUT2D eigenvalue weighted by atomic mass is 10.1. The molecule has 1 aliphatic carbocycles. The average Bonchev–Trinajstić information content (AvgIpc) is 2.62. The zero-order chi connectivity index (χ0) is 12.7. The Morgan fingerprint density at radius 2 is 2.35 bits per heavy atom. The van der Waals surface area contributed by atoms with Crippen molar-refractivity contribution in [2.45, 2.75) is 38.2 Å². The number of allylic oxidation sites excluding steroid dienone is 3. The number of hydrogen-bond acceptors (Lipinski definition) is 4. The molecule has 0 heterocycles. The van der Waals surface area contributed by atoms with Crippen LogP contribution in [0.15, 0.2) is 23.8 Å². The Kier molecular flexibility index (Phi) is 5.63. The second kappa shape index (κ2) is 7.01.